The van der Waals surface area contributed by atoms with Crippen LogP contribution in [-0.4, -0.2) is 53.2 Å². The fourth-order valence-electron chi connectivity index (χ4n) is 3.12. The van der Waals surface area contributed by atoms with Crippen LogP contribution in [0.5, 0.6) is 0 Å². The van der Waals surface area contributed by atoms with E-state index in [1.165, 1.54) is 0 Å². The number of nitrogens with two attached hydrogens (primary N) is 1. The topological polar surface area (TPSA) is 92.9 Å². The third-order valence-electron chi connectivity index (χ3n) is 3.89. The molecule has 3 rings (SSSR count). The van der Waals surface area contributed by atoms with Crippen molar-refractivity contribution in [2.75, 3.05) is 19.7 Å². The van der Waals surface area contributed by atoms with Gasteiger partial charge in [0.05, 0.1) is 31.1 Å². The van der Waals surface area contributed by atoms with Gasteiger partial charge in [-0.3, -0.25) is 14.5 Å². The van der Waals surface area contributed by atoms with Crippen LogP contribution in [0.1, 0.15) is 0 Å². The predicted molar refractivity (Wildman–Crippen MR) is 56.6 cm³/mol. The van der Waals surface area contributed by atoms with E-state index in [1.807, 2.05) is 6.08 Å². The van der Waals surface area contributed by atoms with Crippen LogP contribution in [0.3, 0.4) is 0 Å². The van der Waals surface area contributed by atoms with Crippen molar-refractivity contribution in [2.24, 2.45) is 17.6 Å². The number of aliphatic hydroxyl groups excluding tert-OH is 1. The first-order valence-corrected chi connectivity index (χ1v) is 5.68. The monoisotopic (exact) mass is 238 g/mol. The minimum Gasteiger partial charge on any atom is -0.395 e. The Balaban J connectivity index is 1.99. The number of imide groups is 1. The third-order valence-corrected chi connectivity index (χ3v) is 3.89. The summed E-state index contributed by atoms with van der Waals surface area (Å²) in [5.74, 6) is -1.49. The molecule has 3 N–H and O–H groups in total. The molecule has 0 spiro atoms. The minimum atomic E-state index is -0.813. The lowest BCUT2D eigenvalue weighted by molar-refractivity contribution is -0.144. The molecule has 3 aliphatic heterocycles. The van der Waals surface area contributed by atoms with E-state index in [-0.39, 0.29) is 37.6 Å². The summed E-state index contributed by atoms with van der Waals surface area (Å²) < 4.78 is 5.68. The van der Waals surface area contributed by atoms with E-state index in [9.17, 15) is 9.59 Å². The van der Waals surface area contributed by atoms with E-state index >= 15 is 0 Å². The van der Waals surface area contributed by atoms with Crippen molar-refractivity contribution in [3.8, 4) is 0 Å². The quantitative estimate of drug-likeness (QED) is 0.449. The van der Waals surface area contributed by atoms with E-state index in [0.29, 0.717) is 0 Å². The van der Waals surface area contributed by atoms with Gasteiger partial charge in [0.1, 0.15) is 5.60 Å². The molecule has 92 valence electrons. The van der Waals surface area contributed by atoms with Crippen LogP contribution in [-0.2, 0) is 14.3 Å². The van der Waals surface area contributed by atoms with E-state index in [0.717, 1.165) is 4.90 Å². The molecule has 4 unspecified atom stereocenters. The second kappa shape index (κ2) is 3.38. The predicted octanol–water partition coefficient (Wildman–Crippen LogP) is -1.75. The second-order valence-corrected chi connectivity index (χ2v) is 4.66. The summed E-state index contributed by atoms with van der Waals surface area (Å²) in [4.78, 5) is 25.4. The van der Waals surface area contributed by atoms with Gasteiger partial charge in [0.2, 0.25) is 11.8 Å². The number of ether oxygens (including phenoxy) is 1. The average Bonchev–Trinajstić information content (AvgIpc) is 2.96. The first-order valence-electron chi connectivity index (χ1n) is 5.68. The van der Waals surface area contributed by atoms with Gasteiger partial charge in [0, 0.05) is 6.54 Å². The van der Waals surface area contributed by atoms with Gasteiger partial charge in [-0.2, -0.15) is 0 Å². The molecule has 2 fully saturated rings. The van der Waals surface area contributed by atoms with E-state index in [1.54, 1.807) is 6.08 Å². The van der Waals surface area contributed by atoms with Crippen molar-refractivity contribution in [1.29, 1.82) is 0 Å². The molecule has 2 saturated heterocycles. The summed E-state index contributed by atoms with van der Waals surface area (Å²) in [6.07, 6.45) is 3.26. The highest BCUT2D eigenvalue weighted by Crippen LogP contribution is 2.51. The molecule has 0 aromatic heterocycles. The number of amides is 2. The summed E-state index contributed by atoms with van der Waals surface area (Å²) in [6.45, 7) is 0.0245. The maximum Gasteiger partial charge on any atom is 0.236 e. The van der Waals surface area contributed by atoms with Crippen LogP contribution in [0.2, 0.25) is 0 Å². The molecule has 2 amide bonds. The summed E-state index contributed by atoms with van der Waals surface area (Å²) in [7, 11) is 0. The lowest BCUT2D eigenvalue weighted by Gasteiger charge is -2.26. The normalized spacial score (nSPS) is 42.7. The highest BCUT2D eigenvalue weighted by Gasteiger charge is 2.66. The van der Waals surface area contributed by atoms with Crippen LogP contribution in [0.25, 0.3) is 0 Å². The minimum absolute atomic E-state index is 0.0536. The van der Waals surface area contributed by atoms with Crippen molar-refractivity contribution < 1.29 is 19.4 Å². The SMILES string of the molecule is NCC12C=CC(O1)C1C(=O)N(CCO)C(=O)C12. The summed E-state index contributed by atoms with van der Waals surface area (Å²) in [5.41, 5.74) is 4.87. The molecule has 0 aromatic carbocycles. The standard InChI is InChI=1S/C11H14N2O4/c12-5-11-2-1-6(17-11)7-8(11)10(16)13(3-4-14)9(7)15/h1-2,6-8,14H,3-5,12H2. The van der Waals surface area contributed by atoms with Gasteiger partial charge in [-0.1, -0.05) is 12.2 Å². The number of β-amino-alcohol motifs (C(OH)–C–C–N with tert-alkyl or cyclic N) is 1. The Labute approximate surface area is 98.0 Å². The molecule has 3 aliphatic rings. The molecule has 2 bridgehead atoms. The lowest BCUT2D eigenvalue weighted by atomic mass is 9.77. The molecule has 6 heteroatoms. The van der Waals surface area contributed by atoms with Gasteiger partial charge in [-0.15, -0.1) is 0 Å². The highest BCUT2D eigenvalue weighted by atomic mass is 16.5. The number of hydrogen-bond acceptors (Lipinski definition) is 5. The molecule has 0 radical (unpaired) electrons. The lowest BCUT2D eigenvalue weighted by Crippen LogP contribution is -2.46. The first-order chi connectivity index (χ1) is 8.14. The van der Waals surface area contributed by atoms with Gasteiger partial charge in [-0.25, -0.2) is 0 Å². The zero-order valence-corrected chi connectivity index (χ0v) is 9.20. The zero-order valence-electron chi connectivity index (χ0n) is 9.20. The smallest absolute Gasteiger partial charge is 0.236 e. The Bertz CT molecular complexity index is 422. The summed E-state index contributed by atoms with van der Waals surface area (Å²) in [6, 6.07) is 0. The fraction of sp³-hybridized carbons (Fsp3) is 0.636. The van der Waals surface area contributed by atoms with Crippen LogP contribution >= 0.6 is 0 Å². The second-order valence-electron chi connectivity index (χ2n) is 4.66. The highest BCUT2D eigenvalue weighted by molar-refractivity contribution is 6.07. The van der Waals surface area contributed by atoms with Crippen LogP contribution in [0, 0.1) is 11.8 Å². The van der Waals surface area contributed by atoms with Crippen LogP contribution in [0.4, 0.5) is 0 Å². The van der Waals surface area contributed by atoms with E-state index < -0.39 is 17.4 Å². The van der Waals surface area contributed by atoms with Crippen molar-refractivity contribution in [3.05, 3.63) is 12.2 Å². The molecule has 0 saturated carbocycles. The number of nitrogens with zero attached hydrogens (tertiary/aromatic N) is 1. The van der Waals surface area contributed by atoms with Gasteiger partial charge in [0.15, 0.2) is 0 Å². The van der Waals surface area contributed by atoms with Gasteiger partial charge < -0.3 is 15.6 Å². The van der Waals surface area contributed by atoms with Crippen molar-refractivity contribution in [2.45, 2.75) is 11.7 Å². The van der Waals surface area contributed by atoms with Crippen molar-refractivity contribution in [3.63, 3.8) is 0 Å². The van der Waals surface area contributed by atoms with Crippen molar-refractivity contribution >= 4 is 11.8 Å². The maximum absolute atomic E-state index is 12.2. The third kappa shape index (κ3) is 1.15. The molecular formula is C11H14N2O4. The average molecular weight is 238 g/mol. The molecule has 17 heavy (non-hydrogen) atoms. The molecule has 3 heterocycles. The first kappa shape index (κ1) is 10.9. The number of carbonyl (C=O) groups excluding carboxylic acids is 2. The number of rotatable bonds is 3. The van der Waals surface area contributed by atoms with Crippen molar-refractivity contribution in [1.82, 2.24) is 4.90 Å². The molecule has 0 aromatic rings. The number of aliphatic hydroxyl groups is 1. The number of carbonyl (C=O) groups is 2. The van der Waals surface area contributed by atoms with Gasteiger partial charge in [-0.05, 0) is 0 Å². The van der Waals surface area contributed by atoms with Crippen LogP contribution in [0.15, 0.2) is 12.2 Å². The number of likely N-dealkylation sites (tertiary alicyclic amines) is 1. The summed E-state index contributed by atoms with van der Waals surface area (Å²) >= 11 is 0. The Hall–Kier alpha value is -1.24. The zero-order chi connectivity index (χ0) is 12.2. The Morgan fingerprint density at radius 1 is 1.47 bits per heavy atom. The molecule has 4 atom stereocenters. The van der Waals surface area contributed by atoms with Crippen LogP contribution < -0.4 is 5.73 Å². The summed E-state index contributed by atoms with van der Waals surface area (Å²) in [5, 5.41) is 8.88. The molecule has 0 aliphatic carbocycles. The Kier molecular flexibility index (Phi) is 2.16. The fourth-order valence-corrected chi connectivity index (χ4v) is 3.12. The molecular weight excluding hydrogens is 224 g/mol. The van der Waals surface area contributed by atoms with E-state index in [2.05, 4.69) is 0 Å². The Morgan fingerprint density at radius 3 is 2.88 bits per heavy atom. The Morgan fingerprint density at radius 2 is 2.24 bits per heavy atom. The van der Waals surface area contributed by atoms with Gasteiger partial charge >= 0.3 is 0 Å². The number of fused-ring (bicyclic) bond motifs is 5. The number of hydrogen-bond donors (Lipinski definition) is 2. The molecule has 6 nitrogen and oxygen atoms in total. The van der Waals surface area contributed by atoms with Gasteiger partial charge in [0.25, 0.3) is 0 Å². The largest absolute Gasteiger partial charge is 0.395 e. The maximum atomic E-state index is 12.2. The van der Waals surface area contributed by atoms with E-state index in [4.69, 9.17) is 15.6 Å².